The van der Waals surface area contributed by atoms with Crippen LogP contribution in [0.2, 0.25) is 0 Å². The minimum Gasteiger partial charge on any atom is -0.495 e. The number of carbonyl (C=O) groups is 1. The third kappa shape index (κ3) is 6.55. The standard InChI is InChI=1S/C30H36N4O6S2/c1-40-28-14-5-4-13-26(28)32-41(36,37)29-22-24(15-16-27(29)33-17-6-2-7-18-33)31-30(35)23-11-10-12-25(21-23)42(38,39)34-19-8-3-9-20-34/h4-5,10-16,21-22,32H,2-3,6-9,17-20H2,1H3,(H,31,35). The summed E-state index contributed by atoms with van der Waals surface area (Å²) in [6.45, 7) is 2.37. The van der Waals surface area contributed by atoms with E-state index in [-0.39, 0.29) is 21.0 Å². The normalized spacial score (nSPS) is 16.5. The van der Waals surface area contributed by atoms with Crippen molar-refractivity contribution < 1.29 is 26.4 Å². The number of nitrogens with one attached hydrogen (secondary N) is 2. The number of carbonyl (C=O) groups excluding carboxylic acids is 1. The zero-order valence-electron chi connectivity index (χ0n) is 23.6. The van der Waals surface area contributed by atoms with Crippen LogP contribution in [0.15, 0.2) is 76.5 Å². The van der Waals surface area contributed by atoms with Crippen molar-refractivity contribution in [3.63, 3.8) is 0 Å². The van der Waals surface area contributed by atoms with Crippen LogP contribution in [-0.2, 0) is 20.0 Å². The molecule has 0 radical (unpaired) electrons. The summed E-state index contributed by atoms with van der Waals surface area (Å²) < 4.78 is 63.3. The van der Waals surface area contributed by atoms with Gasteiger partial charge in [0.15, 0.2) is 0 Å². The molecule has 3 aromatic rings. The van der Waals surface area contributed by atoms with Crippen molar-refractivity contribution in [2.75, 3.05) is 48.2 Å². The Balaban J connectivity index is 1.44. The number of methoxy groups -OCH3 is 1. The van der Waals surface area contributed by atoms with Crippen molar-refractivity contribution in [3.8, 4) is 5.75 Å². The monoisotopic (exact) mass is 612 g/mol. The van der Waals surface area contributed by atoms with Crippen LogP contribution in [0.5, 0.6) is 5.75 Å². The van der Waals surface area contributed by atoms with Crippen molar-refractivity contribution in [2.45, 2.75) is 48.3 Å². The van der Waals surface area contributed by atoms with Crippen LogP contribution in [0.4, 0.5) is 17.1 Å². The average molecular weight is 613 g/mol. The Morgan fingerprint density at radius 1 is 0.786 bits per heavy atom. The first-order valence-electron chi connectivity index (χ1n) is 14.2. The zero-order valence-corrected chi connectivity index (χ0v) is 25.2. The summed E-state index contributed by atoms with van der Waals surface area (Å²) >= 11 is 0. The van der Waals surface area contributed by atoms with Crippen molar-refractivity contribution >= 4 is 43.0 Å². The van der Waals surface area contributed by atoms with E-state index in [4.69, 9.17) is 4.74 Å². The quantitative estimate of drug-likeness (QED) is 0.352. The van der Waals surface area contributed by atoms with Gasteiger partial charge in [0.2, 0.25) is 10.0 Å². The Kier molecular flexibility index (Phi) is 9.05. The zero-order chi connectivity index (χ0) is 29.7. The molecule has 0 unspecified atom stereocenters. The molecule has 2 N–H and O–H groups in total. The lowest BCUT2D eigenvalue weighted by Gasteiger charge is -2.30. The number of benzene rings is 3. The van der Waals surface area contributed by atoms with Gasteiger partial charge in [-0.15, -0.1) is 0 Å². The number of anilines is 3. The van der Waals surface area contributed by atoms with Gasteiger partial charge in [-0.2, -0.15) is 4.31 Å². The lowest BCUT2D eigenvalue weighted by molar-refractivity contribution is 0.102. The second-order valence-corrected chi connectivity index (χ2v) is 14.1. The fourth-order valence-electron chi connectivity index (χ4n) is 5.39. The van der Waals surface area contributed by atoms with Crippen LogP contribution in [-0.4, -0.2) is 60.3 Å². The Labute approximate surface area is 247 Å². The lowest BCUT2D eigenvalue weighted by Crippen LogP contribution is -2.35. The molecule has 5 rings (SSSR count). The maximum absolute atomic E-state index is 13.8. The summed E-state index contributed by atoms with van der Waals surface area (Å²) in [6.07, 6.45) is 5.60. The van der Waals surface area contributed by atoms with Gasteiger partial charge >= 0.3 is 0 Å². The van der Waals surface area contributed by atoms with Crippen LogP contribution in [0.3, 0.4) is 0 Å². The minimum absolute atomic E-state index is 0.0227. The SMILES string of the molecule is COc1ccccc1NS(=O)(=O)c1cc(NC(=O)c2cccc(S(=O)(=O)N3CCCCC3)c2)ccc1N1CCCCC1. The lowest BCUT2D eigenvalue weighted by atomic mass is 10.1. The first-order chi connectivity index (χ1) is 20.2. The van der Waals surface area contributed by atoms with Crippen LogP contribution in [0.1, 0.15) is 48.9 Å². The van der Waals surface area contributed by atoms with Crippen LogP contribution < -0.4 is 19.7 Å². The topological polar surface area (TPSA) is 125 Å². The van der Waals surface area contributed by atoms with E-state index in [1.54, 1.807) is 36.4 Å². The molecular weight excluding hydrogens is 576 g/mol. The molecule has 2 aliphatic heterocycles. The van der Waals surface area contributed by atoms with E-state index in [1.165, 1.54) is 41.7 Å². The highest BCUT2D eigenvalue weighted by Gasteiger charge is 2.28. The number of nitrogens with zero attached hydrogens (tertiary/aromatic N) is 2. The second kappa shape index (κ2) is 12.7. The Hall–Kier alpha value is -3.61. The van der Waals surface area contributed by atoms with E-state index in [2.05, 4.69) is 10.0 Å². The number of hydrogen-bond acceptors (Lipinski definition) is 7. The Morgan fingerprint density at radius 2 is 1.48 bits per heavy atom. The Bertz CT molecular complexity index is 1650. The number of hydrogen-bond donors (Lipinski definition) is 2. The van der Waals surface area contributed by atoms with E-state index < -0.39 is 26.0 Å². The van der Waals surface area contributed by atoms with E-state index in [0.29, 0.717) is 30.2 Å². The summed E-state index contributed by atoms with van der Waals surface area (Å²) in [5.74, 6) is -0.165. The number of amides is 1. The molecule has 2 heterocycles. The van der Waals surface area contributed by atoms with Crippen molar-refractivity contribution in [3.05, 3.63) is 72.3 Å². The first-order valence-corrected chi connectivity index (χ1v) is 17.1. The molecule has 0 atom stereocenters. The van der Waals surface area contributed by atoms with Gasteiger partial charge < -0.3 is 15.0 Å². The maximum atomic E-state index is 13.8. The summed E-state index contributed by atoms with van der Waals surface area (Å²) in [5.41, 5.74) is 1.27. The third-order valence-electron chi connectivity index (χ3n) is 7.60. The molecule has 0 aliphatic carbocycles. The number of ether oxygens (including phenoxy) is 1. The highest BCUT2D eigenvalue weighted by molar-refractivity contribution is 7.93. The van der Waals surface area contributed by atoms with Crippen LogP contribution in [0.25, 0.3) is 0 Å². The summed E-state index contributed by atoms with van der Waals surface area (Å²) in [4.78, 5) is 15.4. The highest BCUT2D eigenvalue weighted by Crippen LogP contribution is 2.34. The minimum atomic E-state index is -4.10. The van der Waals surface area contributed by atoms with E-state index >= 15 is 0 Å². The number of para-hydroxylation sites is 2. The molecule has 2 fully saturated rings. The van der Waals surface area contributed by atoms with Crippen molar-refractivity contribution in [1.82, 2.24) is 4.31 Å². The molecule has 1 amide bonds. The molecule has 0 spiro atoms. The molecule has 0 aromatic heterocycles. The first kappa shape index (κ1) is 29.9. The molecule has 3 aromatic carbocycles. The van der Waals surface area contributed by atoms with E-state index in [1.807, 2.05) is 4.90 Å². The number of rotatable bonds is 9. The van der Waals surface area contributed by atoms with Gasteiger partial charge in [0.05, 0.1) is 23.4 Å². The highest BCUT2D eigenvalue weighted by atomic mass is 32.2. The number of piperidine rings is 2. The summed E-state index contributed by atoms with van der Waals surface area (Å²) in [7, 11) is -6.35. The molecule has 2 saturated heterocycles. The van der Waals surface area contributed by atoms with Crippen molar-refractivity contribution in [2.24, 2.45) is 0 Å². The fourth-order valence-corrected chi connectivity index (χ4v) is 8.27. The predicted octanol–water partition coefficient (Wildman–Crippen LogP) is 4.91. The van der Waals surface area contributed by atoms with Gasteiger partial charge in [0, 0.05) is 37.4 Å². The predicted molar refractivity (Wildman–Crippen MR) is 163 cm³/mol. The third-order valence-corrected chi connectivity index (χ3v) is 10.9. The van der Waals surface area contributed by atoms with Gasteiger partial charge in [-0.25, -0.2) is 16.8 Å². The molecule has 10 nitrogen and oxygen atoms in total. The molecule has 12 heteroatoms. The molecule has 0 bridgehead atoms. The Morgan fingerprint density at radius 3 is 2.19 bits per heavy atom. The average Bonchev–Trinajstić information content (AvgIpc) is 3.02. The molecule has 0 saturated carbocycles. The van der Waals surface area contributed by atoms with Gasteiger partial charge in [0.1, 0.15) is 10.6 Å². The summed E-state index contributed by atoms with van der Waals surface area (Å²) in [5, 5.41) is 2.76. The van der Waals surface area contributed by atoms with Gasteiger partial charge in [0.25, 0.3) is 15.9 Å². The van der Waals surface area contributed by atoms with Crippen molar-refractivity contribution in [1.29, 1.82) is 0 Å². The van der Waals surface area contributed by atoms with Crippen LogP contribution in [0, 0.1) is 0 Å². The van der Waals surface area contributed by atoms with Gasteiger partial charge in [-0.3, -0.25) is 9.52 Å². The van der Waals surface area contributed by atoms with Gasteiger partial charge in [-0.05, 0) is 80.6 Å². The maximum Gasteiger partial charge on any atom is 0.264 e. The van der Waals surface area contributed by atoms with E-state index in [9.17, 15) is 21.6 Å². The van der Waals surface area contributed by atoms with Gasteiger partial charge in [-0.1, -0.05) is 24.6 Å². The molecule has 224 valence electrons. The molecular formula is C30H36N4O6S2. The summed E-state index contributed by atoms with van der Waals surface area (Å²) in [6, 6.07) is 17.5. The fraction of sp³-hybridized carbons (Fsp3) is 0.367. The second-order valence-electron chi connectivity index (χ2n) is 10.5. The smallest absolute Gasteiger partial charge is 0.264 e. The largest absolute Gasteiger partial charge is 0.495 e. The van der Waals surface area contributed by atoms with Crippen LogP contribution >= 0.6 is 0 Å². The van der Waals surface area contributed by atoms with E-state index in [0.717, 1.165) is 51.6 Å². The molecule has 2 aliphatic rings. The number of sulfonamides is 2. The molecule has 42 heavy (non-hydrogen) atoms.